The van der Waals surface area contributed by atoms with Crippen LogP contribution in [0.3, 0.4) is 0 Å². The van der Waals surface area contributed by atoms with Crippen molar-refractivity contribution in [1.82, 2.24) is 10.6 Å². The van der Waals surface area contributed by atoms with Gasteiger partial charge in [-0.2, -0.15) is 0 Å². The molecule has 0 aliphatic carbocycles. The standard InChI is InChI=1S/C10H22N2O3/c1-9(2)12-8-10(13)11-4-5-15-7-6-14-3/h9,12H,4-8H2,1-3H3,(H,11,13). The van der Waals surface area contributed by atoms with Gasteiger partial charge in [0.05, 0.1) is 26.4 Å². The molecular weight excluding hydrogens is 196 g/mol. The van der Waals surface area contributed by atoms with Crippen LogP contribution in [-0.2, 0) is 14.3 Å². The third kappa shape index (κ3) is 11.3. The van der Waals surface area contributed by atoms with E-state index in [1.807, 2.05) is 13.8 Å². The smallest absolute Gasteiger partial charge is 0.234 e. The zero-order chi connectivity index (χ0) is 11.5. The molecule has 0 aromatic heterocycles. The molecule has 15 heavy (non-hydrogen) atoms. The number of carbonyl (C=O) groups excluding carboxylic acids is 1. The first kappa shape index (κ1) is 14.3. The molecule has 5 heteroatoms. The highest BCUT2D eigenvalue weighted by Gasteiger charge is 2.00. The monoisotopic (exact) mass is 218 g/mol. The zero-order valence-electron chi connectivity index (χ0n) is 9.84. The summed E-state index contributed by atoms with van der Waals surface area (Å²) in [6.45, 7) is 6.58. The predicted octanol–water partition coefficient (Wildman–Crippen LogP) is -0.236. The van der Waals surface area contributed by atoms with Crippen molar-refractivity contribution in [2.75, 3.05) is 40.0 Å². The lowest BCUT2D eigenvalue weighted by Gasteiger charge is -2.09. The Labute approximate surface area is 91.5 Å². The molecule has 0 radical (unpaired) electrons. The van der Waals surface area contributed by atoms with E-state index >= 15 is 0 Å². The number of rotatable bonds is 9. The molecule has 0 fully saturated rings. The Morgan fingerprint density at radius 2 is 2.00 bits per heavy atom. The van der Waals surface area contributed by atoms with Crippen molar-refractivity contribution in [2.45, 2.75) is 19.9 Å². The molecule has 2 N–H and O–H groups in total. The SMILES string of the molecule is COCCOCCNC(=O)CNC(C)C. The van der Waals surface area contributed by atoms with Gasteiger partial charge in [-0.15, -0.1) is 0 Å². The number of hydrogen-bond donors (Lipinski definition) is 2. The molecule has 0 aliphatic rings. The van der Waals surface area contributed by atoms with Crippen molar-refractivity contribution in [3.8, 4) is 0 Å². The molecule has 0 unspecified atom stereocenters. The van der Waals surface area contributed by atoms with Crippen molar-refractivity contribution in [2.24, 2.45) is 0 Å². The number of nitrogens with one attached hydrogen (secondary N) is 2. The maximum atomic E-state index is 11.2. The maximum Gasteiger partial charge on any atom is 0.234 e. The van der Waals surface area contributed by atoms with Crippen molar-refractivity contribution in [3.05, 3.63) is 0 Å². The van der Waals surface area contributed by atoms with Gasteiger partial charge in [-0.05, 0) is 0 Å². The first-order chi connectivity index (χ1) is 7.16. The van der Waals surface area contributed by atoms with Gasteiger partial charge in [0.2, 0.25) is 5.91 Å². The Kier molecular flexibility index (Phi) is 9.46. The highest BCUT2D eigenvalue weighted by molar-refractivity contribution is 5.77. The second-order valence-corrected chi connectivity index (χ2v) is 3.49. The fourth-order valence-electron chi connectivity index (χ4n) is 0.866. The number of amides is 1. The molecule has 0 aromatic rings. The Balaban J connectivity index is 3.17. The van der Waals surface area contributed by atoms with E-state index in [4.69, 9.17) is 9.47 Å². The van der Waals surface area contributed by atoms with Crippen molar-refractivity contribution in [3.63, 3.8) is 0 Å². The fraction of sp³-hybridized carbons (Fsp3) is 0.900. The second kappa shape index (κ2) is 9.89. The van der Waals surface area contributed by atoms with E-state index in [-0.39, 0.29) is 5.91 Å². The number of methoxy groups -OCH3 is 1. The summed E-state index contributed by atoms with van der Waals surface area (Å²) in [6, 6.07) is 0.328. The molecule has 0 atom stereocenters. The van der Waals surface area contributed by atoms with E-state index in [9.17, 15) is 4.79 Å². The van der Waals surface area contributed by atoms with Crippen LogP contribution in [0.2, 0.25) is 0 Å². The Hall–Kier alpha value is -0.650. The van der Waals surface area contributed by atoms with E-state index < -0.39 is 0 Å². The molecule has 5 nitrogen and oxygen atoms in total. The largest absolute Gasteiger partial charge is 0.382 e. The molecule has 0 spiro atoms. The Morgan fingerprint density at radius 1 is 1.27 bits per heavy atom. The number of hydrogen-bond acceptors (Lipinski definition) is 4. The van der Waals surface area contributed by atoms with Gasteiger partial charge in [-0.1, -0.05) is 13.8 Å². The molecular formula is C10H22N2O3. The minimum absolute atomic E-state index is 0.000887. The van der Waals surface area contributed by atoms with Gasteiger partial charge < -0.3 is 20.1 Å². The summed E-state index contributed by atoms with van der Waals surface area (Å²) in [7, 11) is 1.63. The molecule has 0 saturated heterocycles. The van der Waals surface area contributed by atoms with Crippen LogP contribution in [-0.4, -0.2) is 52.0 Å². The molecule has 0 bridgehead atoms. The molecule has 0 saturated carbocycles. The summed E-state index contributed by atoms with van der Waals surface area (Å²) in [5.41, 5.74) is 0. The van der Waals surface area contributed by atoms with Gasteiger partial charge in [0.1, 0.15) is 0 Å². The quantitative estimate of drug-likeness (QED) is 0.525. The summed E-state index contributed by atoms with van der Waals surface area (Å²) in [6.07, 6.45) is 0. The van der Waals surface area contributed by atoms with Gasteiger partial charge in [0.15, 0.2) is 0 Å². The fourth-order valence-corrected chi connectivity index (χ4v) is 0.866. The van der Waals surface area contributed by atoms with E-state index in [0.29, 0.717) is 39.0 Å². The first-order valence-electron chi connectivity index (χ1n) is 5.23. The lowest BCUT2D eigenvalue weighted by molar-refractivity contribution is -0.120. The second-order valence-electron chi connectivity index (χ2n) is 3.49. The number of ether oxygens (including phenoxy) is 2. The van der Waals surface area contributed by atoms with Crippen LogP contribution in [0.25, 0.3) is 0 Å². The lowest BCUT2D eigenvalue weighted by Crippen LogP contribution is -2.38. The van der Waals surface area contributed by atoms with Gasteiger partial charge in [-0.25, -0.2) is 0 Å². The van der Waals surface area contributed by atoms with Gasteiger partial charge >= 0.3 is 0 Å². The van der Waals surface area contributed by atoms with Gasteiger partial charge in [0, 0.05) is 19.7 Å². The lowest BCUT2D eigenvalue weighted by atomic mass is 10.4. The summed E-state index contributed by atoms with van der Waals surface area (Å²) < 4.78 is 10.0. The predicted molar refractivity (Wildman–Crippen MR) is 58.8 cm³/mol. The summed E-state index contributed by atoms with van der Waals surface area (Å²) in [4.78, 5) is 11.2. The molecule has 1 amide bonds. The maximum absolute atomic E-state index is 11.2. The average Bonchev–Trinajstić information content (AvgIpc) is 2.20. The van der Waals surface area contributed by atoms with Crippen LogP contribution in [0.15, 0.2) is 0 Å². The summed E-state index contributed by atoms with van der Waals surface area (Å²) >= 11 is 0. The zero-order valence-corrected chi connectivity index (χ0v) is 9.84. The molecule has 0 heterocycles. The van der Waals surface area contributed by atoms with E-state index in [1.165, 1.54) is 0 Å². The van der Waals surface area contributed by atoms with Gasteiger partial charge in [-0.3, -0.25) is 4.79 Å². The summed E-state index contributed by atoms with van der Waals surface area (Å²) in [5.74, 6) is -0.000887. The highest BCUT2D eigenvalue weighted by atomic mass is 16.5. The van der Waals surface area contributed by atoms with Crippen LogP contribution >= 0.6 is 0 Å². The van der Waals surface area contributed by atoms with Crippen LogP contribution in [0, 0.1) is 0 Å². The van der Waals surface area contributed by atoms with Crippen LogP contribution < -0.4 is 10.6 Å². The minimum Gasteiger partial charge on any atom is -0.382 e. The van der Waals surface area contributed by atoms with Crippen LogP contribution in [0.5, 0.6) is 0 Å². The van der Waals surface area contributed by atoms with Gasteiger partial charge in [0.25, 0.3) is 0 Å². The van der Waals surface area contributed by atoms with Crippen molar-refractivity contribution < 1.29 is 14.3 Å². The molecule has 0 aliphatic heterocycles. The van der Waals surface area contributed by atoms with Crippen molar-refractivity contribution in [1.29, 1.82) is 0 Å². The van der Waals surface area contributed by atoms with Crippen LogP contribution in [0.1, 0.15) is 13.8 Å². The third-order valence-electron chi connectivity index (χ3n) is 1.67. The average molecular weight is 218 g/mol. The van der Waals surface area contributed by atoms with E-state index in [1.54, 1.807) is 7.11 Å². The first-order valence-corrected chi connectivity index (χ1v) is 5.23. The molecule has 0 aromatic carbocycles. The molecule has 90 valence electrons. The molecule has 0 rings (SSSR count). The van der Waals surface area contributed by atoms with Crippen LogP contribution in [0.4, 0.5) is 0 Å². The topological polar surface area (TPSA) is 59.6 Å². The summed E-state index contributed by atoms with van der Waals surface area (Å²) in [5, 5.41) is 5.78. The normalized spacial score (nSPS) is 10.7. The third-order valence-corrected chi connectivity index (χ3v) is 1.67. The Morgan fingerprint density at radius 3 is 2.60 bits per heavy atom. The van der Waals surface area contributed by atoms with E-state index in [2.05, 4.69) is 10.6 Å². The minimum atomic E-state index is -0.000887. The number of carbonyl (C=O) groups is 1. The van der Waals surface area contributed by atoms with Crippen molar-refractivity contribution >= 4 is 5.91 Å². The van der Waals surface area contributed by atoms with E-state index in [0.717, 1.165) is 0 Å². The highest BCUT2D eigenvalue weighted by Crippen LogP contribution is 1.77. The Bertz CT molecular complexity index is 163.